The molecule has 1 saturated heterocycles. The predicted molar refractivity (Wildman–Crippen MR) is 86.6 cm³/mol. The van der Waals surface area contributed by atoms with Crippen LogP contribution in [0.1, 0.15) is 58.3 Å². The molecule has 1 atom stereocenters. The van der Waals surface area contributed by atoms with E-state index in [2.05, 4.69) is 11.9 Å². The van der Waals surface area contributed by atoms with E-state index >= 15 is 0 Å². The molecular formula is C16H25BN2O2. The zero-order chi connectivity index (χ0) is 15.7. The summed E-state index contributed by atoms with van der Waals surface area (Å²) in [5, 5.41) is 0. The lowest BCUT2D eigenvalue weighted by Gasteiger charge is -2.32. The van der Waals surface area contributed by atoms with E-state index in [1.807, 2.05) is 51.9 Å². The summed E-state index contributed by atoms with van der Waals surface area (Å²) in [7, 11) is -0.327. The van der Waals surface area contributed by atoms with Crippen molar-refractivity contribution in [3.8, 4) is 0 Å². The number of rotatable bonds is 4. The highest BCUT2D eigenvalue weighted by molar-refractivity contribution is 6.52. The minimum absolute atomic E-state index is 0.0183. The maximum atomic E-state index is 6.02. The third-order valence-corrected chi connectivity index (χ3v) is 4.34. The molecule has 0 aliphatic carbocycles. The third-order valence-electron chi connectivity index (χ3n) is 4.34. The number of nitrogens with zero attached hydrogens (tertiary/aromatic N) is 1. The smallest absolute Gasteiger partial charge is 0.400 e. The van der Waals surface area contributed by atoms with Crippen molar-refractivity contribution in [2.75, 3.05) is 0 Å². The van der Waals surface area contributed by atoms with E-state index in [1.54, 1.807) is 6.20 Å². The number of pyridine rings is 1. The molecule has 0 amide bonds. The van der Waals surface area contributed by atoms with Gasteiger partial charge in [0.05, 0.1) is 16.9 Å². The van der Waals surface area contributed by atoms with E-state index in [1.165, 1.54) is 0 Å². The van der Waals surface area contributed by atoms with Gasteiger partial charge in [0.2, 0.25) is 0 Å². The lowest BCUT2D eigenvalue weighted by Crippen LogP contribution is -2.41. The molecule has 5 heteroatoms. The first kappa shape index (κ1) is 16.2. The Kier molecular flexibility index (Phi) is 4.56. The second kappa shape index (κ2) is 5.91. The Balaban J connectivity index is 2.09. The van der Waals surface area contributed by atoms with Crippen LogP contribution in [-0.2, 0) is 9.31 Å². The van der Waals surface area contributed by atoms with Crippen molar-refractivity contribution in [3.05, 3.63) is 35.6 Å². The normalized spacial score (nSPS) is 21.9. The van der Waals surface area contributed by atoms with Crippen molar-refractivity contribution in [1.29, 1.82) is 0 Å². The van der Waals surface area contributed by atoms with Gasteiger partial charge >= 0.3 is 7.12 Å². The summed E-state index contributed by atoms with van der Waals surface area (Å²) in [4.78, 5) is 4.31. The quantitative estimate of drug-likeness (QED) is 0.865. The molecule has 1 fully saturated rings. The molecule has 114 valence electrons. The summed E-state index contributed by atoms with van der Waals surface area (Å²) in [6.07, 6.45) is 4.65. The lowest BCUT2D eigenvalue weighted by atomic mass is 9.89. The fraction of sp³-hybridized carbons (Fsp3) is 0.562. The fourth-order valence-electron chi connectivity index (χ4n) is 2.14. The van der Waals surface area contributed by atoms with Gasteiger partial charge in [0.15, 0.2) is 0 Å². The van der Waals surface area contributed by atoms with Gasteiger partial charge in [-0.25, -0.2) is 0 Å². The molecule has 0 unspecified atom stereocenters. The Hall–Kier alpha value is -1.17. The van der Waals surface area contributed by atoms with Gasteiger partial charge in [-0.1, -0.05) is 19.0 Å². The van der Waals surface area contributed by atoms with Crippen LogP contribution >= 0.6 is 0 Å². The first-order valence-electron chi connectivity index (χ1n) is 7.50. The SMILES string of the molecule is CC[C@H](N)c1cc(/C=C/B2OC(C)(C)C(C)(C)O2)ccn1. The highest BCUT2D eigenvalue weighted by Gasteiger charge is 2.49. The molecule has 0 radical (unpaired) electrons. The molecule has 0 bridgehead atoms. The molecule has 1 aromatic rings. The zero-order valence-electron chi connectivity index (χ0n) is 13.6. The summed E-state index contributed by atoms with van der Waals surface area (Å²) < 4.78 is 11.9. The van der Waals surface area contributed by atoms with Crippen LogP contribution in [0.4, 0.5) is 0 Å². The fourth-order valence-corrected chi connectivity index (χ4v) is 2.14. The topological polar surface area (TPSA) is 57.4 Å². The van der Waals surface area contributed by atoms with Gasteiger partial charge in [0.25, 0.3) is 0 Å². The Morgan fingerprint density at radius 2 is 1.90 bits per heavy atom. The molecule has 2 heterocycles. The number of hydrogen-bond acceptors (Lipinski definition) is 4. The van der Waals surface area contributed by atoms with Crippen LogP contribution in [0.3, 0.4) is 0 Å². The molecule has 1 aromatic heterocycles. The maximum Gasteiger partial charge on any atom is 0.487 e. The van der Waals surface area contributed by atoms with Crippen LogP contribution < -0.4 is 5.73 Å². The predicted octanol–water partition coefficient (Wildman–Crippen LogP) is 3.14. The second-order valence-electron chi connectivity index (χ2n) is 6.51. The van der Waals surface area contributed by atoms with E-state index in [0.29, 0.717) is 0 Å². The van der Waals surface area contributed by atoms with Crippen molar-refractivity contribution < 1.29 is 9.31 Å². The summed E-state index contributed by atoms with van der Waals surface area (Å²) in [5.74, 6) is 1.94. The van der Waals surface area contributed by atoms with Gasteiger partial charge in [0.1, 0.15) is 0 Å². The van der Waals surface area contributed by atoms with Crippen LogP contribution in [0.15, 0.2) is 24.3 Å². The number of aromatic nitrogens is 1. The standard InChI is InChI=1S/C16H25BN2O2/c1-6-13(18)14-11-12(8-10-19-14)7-9-17-20-15(2,3)16(4,5)21-17/h7-11,13H,6,18H2,1-5H3/b9-7+/t13-/m0/s1. The van der Waals surface area contributed by atoms with Crippen LogP contribution in [0, 0.1) is 0 Å². The Morgan fingerprint density at radius 1 is 1.29 bits per heavy atom. The monoisotopic (exact) mass is 288 g/mol. The van der Waals surface area contributed by atoms with E-state index in [9.17, 15) is 0 Å². The lowest BCUT2D eigenvalue weighted by molar-refractivity contribution is 0.00578. The van der Waals surface area contributed by atoms with E-state index < -0.39 is 0 Å². The second-order valence-corrected chi connectivity index (χ2v) is 6.51. The minimum Gasteiger partial charge on any atom is -0.400 e. The van der Waals surface area contributed by atoms with Gasteiger partial charge in [-0.3, -0.25) is 4.98 Å². The molecule has 1 aliphatic heterocycles. The summed E-state index contributed by atoms with van der Waals surface area (Å²) in [6, 6.07) is 3.94. The van der Waals surface area contributed by atoms with E-state index in [-0.39, 0.29) is 24.4 Å². The molecule has 2 N–H and O–H groups in total. The molecule has 1 aliphatic rings. The van der Waals surface area contributed by atoms with E-state index in [0.717, 1.165) is 17.7 Å². The summed E-state index contributed by atoms with van der Waals surface area (Å²) >= 11 is 0. The molecule has 2 rings (SSSR count). The summed E-state index contributed by atoms with van der Waals surface area (Å²) in [5.41, 5.74) is 7.36. The van der Waals surface area contributed by atoms with Crippen molar-refractivity contribution in [3.63, 3.8) is 0 Å². The largest absolute Gasteiger partial charge is 0.487 e. The molecule has 4 nitrogen and oxygen atoms in total. The highest BCUT2D eigenvalue weighted by Crippen LogP contribution is 2.37. The number of nitrogens with two attached hydrogens (primary N) is 1. The Labute approximate surface area is 127 Å². The average molecular weight is 288 g/mol. The van der Waals surface area contributed by atoms with Crippen molar-refractivity contribution in [2.24, 2.45) is 5.73 Å². The Bertz CT molecular complexity index is 513. The van der Waals surface area contributed by atoms with Crippen LogP contribution in [0.25, 0.3) is 6.08 Å². The molecule has 0 spiro atoms. The van der Waals surface area contributed by atoms with Gasteiger partial charge in [-0.05, 0) is 51.8 Å². The zero-order valence-corrected chi connectivity index (χ0v) is 13.6. The van der Waals surface area contributed by atoms with Crippen LogP contribution in [0.2, 0.25) is 0 Å². The number of hydrogen-bond donors (Lipinski definition) is 1. The van der Waals surface area contributed by atoms with Crippen LogP contribution in [0.5, 0.6) is 0 Å². The Morgan fingerprint density at radius 3 is 2.48 bits per heavy atom. The highest BCUT2D eigenvalue weighted by atomic mass is 16.7. The average Bonchev–Trinajstić information content (AvgIpc) is 2.64. The van der Waals surface area contributed by atoms with E-state index in [4.69, 9.17) is 15.0 Å². The minimum atomic E-state index is -0.327. The molecular weight excluding hydrogens is 263 g/mol. The first-order chi connectivity index (χ1) is 9.75. The van der Waals surface area contributed by atoms with Gasteiger partial charge in [-0.2, -0.15) is 0 Å². The third kappa shape index (κ3) is 3.54. The molecule has 0 saturated carbocycles. The van der Waals surface area contributed by atoms with Gasteiger partial charge in [0, 0.05) is 12.2 Å². The van der Waals surface area contributed by atoms with Crippen molar-refractivity contribution >= 4 is 13.2 Å². The first-order valence-corrected chi connectivity index (χ1v) is 7.50. The van der Waals surface area contributed by atoms with Gasteiger partial charge < -0.3 is 15.0 Å². The summed E-state index contributed by atoms with van der Waals surface area (Å²) in [6.45, 7) is 10.2. The van der Waals surface area contributed by atoms with Crippen molar-refractivity contribution in [1.82, 2.24) is 4.98 Å². The van der Waals surface area contributed by atoms with Crippen LogP contribution in [-0.4, -0.2) is 23.3 Å². The maximum absolute atomic E-state index is 6.02. The molecule has 0 aromatic carbocycles. The molecule has 21 heavy (non-hydrogen) atoms. The van der Waals surface area contributed by atoms with Crippen molar-refractivity contribution in [2.45, 2.75) is 58.3 Å². The van der Waals surface area contributed by atoms with Gasteiger partial charge in [-0.15, -0.1) is 0 Å².